The number of carboxylic acids is 1. The quantitative estimate of drug-likeness (QED) is 0.692. The molecule has 0 saturated heterocycles. The molecule has 2 aromatic rings. The van der Waals surface area contributed by atoms with Crippen molar-refractivity contribution in [2.24, 2.45) is 0 Å². The van der Waals surface area contributed by atoms with Gasteiger partial charge in [0.15, 0.2) is 6.61 Å². The number of anilines is 1. The lowest BCUT2D eigenvalue weighted by molar-refractivity contribution is -0.139. The molecule has 2 rings (SSSR count). The van der Waals surface area contributed by atoms with Gasteiger partial charge in [0.25, 0.3) is 10.0 Å². The second kappa shape index (κ2) is 8.75. The van der Waals surface area contributed by atoms with Crippen molar-refractivity contribution >= 4 is 27.6 Å². The summed E-state index contributed by atoms with van der Waals surface area (Å²) in [5.41, 5.74) is 1.64. The molecule has 0 atom stereocenters. The largest absolute Gasteiger partial charge is 0.482 e. The van der Waals surface area contributed by atoms with E-state index in [4.69, 9.17) is 9.84 Å². The van der Waals surface area contributed by atoms with E-state index >= 15 is 0 Å². The molecule has 0 aliphatic heterocycles. The first-order valence-electron chi connectivity index (χ1n) is 8.35. The third-order valence-electron chi connectivity index (χ3n) is 3.87. The summed E-state index contributed by atoms with van der Waals surface area (Å²) < 4.78 is 32.7. The van der Waals surface area contributed by atoms with Gasteiger partial charge in [0.1, 0.15) is 5.75 Å². The van der Waals surface area contributed by atoms with Gasteiger partial charge in [-0.25, -0.2) is 13.2 Å². The van der Waals surface area contributed by atoms with Crippen molar-refractivity contribution in [2.75, 3.05) is 25.4 Å². The molecule has 0 fully saturated rings. The molecule has 0 heterocycles. The molecule has 1 amide bonds. The van der Waals surface area contributed by atoms with Gasteiger partial charge in [-0.1, -0.05) is 12.1 Å². The van der Waals surface area contributed by atoms with E-state index in [-0.39, 0.29) is 17.2 Å². The fourth-order valence-electron chi connectivity index (χ4n) is 2.33. The van der Waals surface area contributed by atoms with Gasteiger partial charge in [-0.05, 0) is 48.4 Å². The highest BCUT2D eigenvalue weighted by atomic mass is 32.2. The van der Waals surface area contributed by atoms with Gasteiger partial charge in [-0.15, -0.1) is 0 Å². The molecule has 2 N–H and O–H groups in total. The number of ether oxygens (including phenoxy) is 1. The van der Waals surface area contributed by atoms with E-state index in [0.29, 0.717) is 17.0 Å². The van der Waals surface area contributed by atoms with Gasteiger partial charge in [-0.3, -0.25) is 9.52 Å². The van der Waals surface area contributed by atoms with E-state index in [2.05, 4.69) is 4.72 Å². The minimum Gasteiger partial charge on any atom is -0.482 e. The molecule has 9 heteroatoms. The standard InChI is InChI=1S/C19H22N2O6S/c1-13-10-16(8-9-17(13)27-12-19(23)24)28(25,26)20-15-6-4-14(5-7-15)11-18(22)21(2)3/h4-10,20H,11-12H2,1-3H3,(H,23,24). The minimum atomic E-state index is -3.83. The molecule has 0 aliphatic carbocycles. The Morgan fingerprint density at radius 2 is 1.75 bits per heavy atom. The number of hydrogen-bond acceptors (Lipinski definition) is 5. The maximum atomic E-state index is 12.6. The zero-order chi connectivity index (χ0) is 20.9. The average Bonchev–Trinajstić information content (AvgIpc) is 2.61. The van der Waals surface area contributed by atoms with Crippen LogP contribution in [0.5, 0.6) is 5.75 Å². The number of rotatable bonds is 8. The number of hydrogen-bond donors (Lipinski definition) is 2. The van der Waals surface area contributed by atoms with E-state index in [9.17, 15) is 18.0 Å². The molecule has 0 radical (unpaired) electrons. The van der Waals surface area contributed by atoms with Gasteiger partial charge in [0.2, 0.25) is 5.91 Å². The number of likely N-dealkylation sites (N-methyl/N-ethyl adjacent to an activating group) is 1. The molecule has 8 nitrogen and oxygen atoms in total. The molecule has 0 spiro atoms. The average molecular weight is 406 g/mol. The van der Waals surface area contributed by atoms with Crippen molar-refractivity contribution < 1.29 is 27.9 Å². The zero-order valence-electron chi connectivity index (χ0n) is 15.8. The van der Waals surface area contributed by atoms with Crippen molar-refractivity contribution in [2.45, 2.75) is 18.2 Å². The highest BCUT2D eigenvalue weighted by Gasteiger charge is 2.16. The Kier molecular flexibility index (Phi) is 6.63. The van der Waals surface area contributed by atoms with Crippen LogP contribution in [0.1, 0.15) is 11.1 Å². The van der Waals surface area contributed by atoms with Crippen molar-refractivity contribution in [3.63, 3.8) is 0 Å². The van der Waals surface area contributed by atoms with Crippen LogP contribution in [0.2, 0.25) is 0 Å². The highest BCUT2D eigenvalue weighted by molar-refractivity contribution is 7.92. The molecule has 0 bridgehead atoms. The normalized spacial score (nSPS) is 11.0. The number of carbonyl (C=O) groups is 2. The summed E-state index contributed by atoms with van der Waals surface area (Å²) in [7, 11) is -0.487. The van der Waals surface area contributed by atoms with Crippen molar-refractivity contribution in [3.8, 4) is 5.75 Å². The van der Waals surface area contributed by atoms with Crippen LogP contribution in [0, 0.1) is 6.92 Å². The molecule has 0 saturated carbocycles. The Bertz CT molecular complexity index is 968. The topological polar surface area (TPSA) is 113 Å². The third kappa shape index (κ3) is 5.71. The van der Waals surface area contributed by atoms with Crippen LogP contribution in [-0.4, -0.2) is 51.0 Å². The Labute approximate surface area is 163 Å². The maximum Gasteiger partial charge on any atom is 0.341 e. The van der Waals surface area contributed by atoms with E-state index < -0.39 is 22.6 Å². The monoisotopic (exact) mass is 406 g/mol. The second-order valence-corrected chi connectivity index (χ2v) is 8.06. The molecular formula is C19H22N2O6S. The predicted molar refractivity (Wildman–Crippen MR) is 104 cm³/mol. The summed E-state index contributed by atoms with van der Waals surface area (Å²) >= 11 is 0. The van der Waals surface area contributed by atoms with E-state index in [1.165, 1.54) is 23.1 Å². The number of carbonyl (C=O) groups excluding carboxylic acids is 1. The molecule has 150 valence electrons. The van der Waals surface area contributed by atoms with Crippen LogP contribution >= 0.6 is 0 Å². The van der Waals surface area contributed by atoms with Crippen LogP contribution in [0.25, 0.3) is 0 Å². The first-order chi connectivity index (χ1) is 13.1. The smallest absolute Gasteiger partial charge is 0.341 e. The van der Waals surface area contributed by atoms with Gasteiger partial charge in [0.05, 0.1) is 11.3 Å². The third-order valence-corrected chi connectivity index (χ3v) is 5.25. The van der Waals surface area contributed by atoms with Crippen LogP contribution in [-0.2, 0) is 26.0 Å². The van der Waals surface area contributed by atoms with Gasteiger partial charge in [0, 0.05) is 19.8 Å². The first-order valence-corrected chi connectivity index (χ1v) is 9.84. The highest BCUT2D eigenvalue weighted by Crippen LogP contribution is 2.23. The SMILES string of the molecule is Cc1cc(S(=O)(=O)Nc2ccc(CC(=O)N(C)C)cc2)ccc1OCC(=O)O. The van der Waals surface area contributed by atoms with Crippen LogP contribution in [0.15, 0.2) is 47.4 Å². The van der Waals surface area contributed by atoms with Crippen LogP contribution in [0.3, 0.4) is 0 Å². The molecule has 28 heavy (non-hydrogen) atoms. The molecule has 0 aromatic heterocycles. The molecule has 0 aliphatic rings. The summed E-state index contributed by atoms with van der Waals surface area (Å²) in [5, 5.41) is 8.66. The predicted octanol–water partition coefficient (Wildman–Crippen LogP) is 1.89. The lowest BCUT2D eigenvalue weighted by Crippen LogP contribution is -2.23. The number of sulfonamides is 1. The number of carboxylic acid groups (broad SMARTS) is 1. The van der Waals surface area contributed by atoms with E-state index in [1.807, 2.05) is 0 Å². The molecule has 0 unspecified atom stereocenters. The van der Waals surface area contributed by atoms with E-state index in [1.54, 1.807) is 45.3 Å². The lowest BCUT2D eigenvalue weighted by atomic mass is 10.1. The van der Waals surface area contributed by atoms with Gasteiger partial charge >= 0.3 is 5.97 Å². The number of aryl methyl sites for hydroxylation is 1. The number of benzene rings is 2. The maximum absolute atomic E-state index is 12.6. The van der Waals surface area contributed by atoms with Crippen LogP contribution < -0.4 is 9.46 Å². The minimum absolute atomic E-state index is 0.0273. The van der Waals surface area contributed by atoms with Crippen LogP contribution in [0.4, 0.5) is 5.69 Å². The number of aliphatic carboxylic acids is 1. The molecule has 2 aromatic carbocycles. The Morgan fingerprint density at radius 1 is 1.11 bits per heavy atom. The van der Waals surface area contributed by atoms with Crippen molar-refractivity contribution in [1.82, 2.24) is 4.90 Å². The summed E-state index contributed by atoms with van der Waals surface area (Å²) in [5.74, 6) is -0.862. The number of nitrogens with zero attached hydrogens (tertiary/aromatic N) is 1. The Balaban J connectivity index is 2.11. The summed E-state index contributed by atoms with van der Waals surface area (Å²) in [6, 6.07) is 10.7. The molecular weight excluding hydrogens is 384 g/mol. The summed E-state index contributed by atoms with van der Waals surface area (Å²) in [6.07, 6.45) is 0.233. The second-order valence-electron chi connectivity index (χ2n) is 6.38. The number of nitrogens with one attached hydrogen (secondary N) is 1. The summed E-state index contributed by atoms with van der Waals surface area (Å²) in [6.45, 7) is 1.13. The van der Waals surface area contributed by atoms with E-state index in [0.717, 1.165) is 5.56 Å². The Hall–Kier alpha value is -3.07. The van der Waals surface area contributed by atoms with Crippen molar-refractivity contribution in [3.05, 3.63) is 53.6 Å². The van der Waals surface area contributed by atoms with Gasteiger partial charge < -0.3 is 14.7 Å². The fraction of sp³-hybridized carbons (Fsp3) is 0.263. The zero-order valence-corrected chi connectivity index (χ0v) is 16.6. The number of amides is 1. The Morgan fingerprint density at radius 3 is 2.29 bits per heavy atom. The first kappa shape index (κ1) is 21.2. The summed E-state index contributed by atoms with van der Waals surface area (Å²) in [4.78, 5) is 23.8. The van der Waals surface area contributed by atoms with Gasteiger partial charge in [-0.2, -0.15) is 0 Å². The fourth-order valence-corrected chi connectivity index (χ4v) is 3.47. The van der Waals surface area contributed by atoms with Crippen molar-refractivity contribution in [1.29, 1.82) is 0 Å². The lowest BCUT2D eigenvalue weighted by Gasteiger charge is -2.12.